The van der Waals surface area contributed by atoms with Crippen LogP contribution in [0.25, 0.3) is 0 Å². The fourth-order valence-electron chi connectivity index (χ4n) is 1.50. The molecule has 19 heavy (non-hydrogen) atoms. The molecule has 0 saturated carbocycles. The molecule has 0 saturated heterocycles. The Balaban J connectivity index is 2.78. The molecule has 0 bridgehead atoms. The van der Waals surface area contributed by atoms with E-state index in [2.05, 4.69) is 15.4 Å². The molecule has 1 aromatic carbocycles. The molecule has 0 spiro atoms. The minimum atomic E-state index is -0.524. The highest BCUT2D eigenvalue weighted by Gasteiger charge is 2.13. The molecular weight excluding hydrogens is 246 g/mol. The number of anilines is 2. The number of esters is 1. The van der Waals surface area contributed by atoms with Crippen LogP contribution in [0.4, 0.5) is 16.2 Å². The Labute approximate surface area is 112 Å². The van der Waals surface area contributed by atoms with Crippen LogP contribution >= 0.6 is 0 Å². The van der Waals surface area contributed by atoms with Gasteiger partial charge in [0.05, 0.1) is 18.4 Å². The van der Waals surface area contributed by atoms with Gasteiger partial charge in [0.1, 0.15) is 0 Å². The van der Waals surface area contributed by atoms with Gasteiger partial charge in [0.15, 0.2) is 0 Å². The molecule has 0 fully saturated rings. The Bertz CT molecular complexity index is 460. The first-order valence-corrected chi connectivity index (χ1v) is 6.11. The van der Waals surface area contributed by atoms with Gasteiger partial charge in [-0.1, -0.05) is 13.3 Å². The topological polar surface area (TPSA) is 93.5 Å². The zero-order chi connectivity index (χ0) is 14.3. The molecule has 0 aliphatic rings. The third-order valence-electron chi connectivity index (χ3n) is 2.51. The number of hydrogen-bond donors (Lipinski definition) is 3. The molecule has 6 nitrogen and oxygen atoms in total. The Morgan fingerprint density at radius 2 is 2.11 bits per heavy atom. The second-order valence-electron chi connectivity index (χ2n) is 4.03. The van der Waals surface area contributed by atoms with Crippen LogP contribution in [0.1, 0.15) is 30.1 Å². The van der Waals surface area contributed by atoms with Crippen molar-refractivity contribution < 1.29 is 14.3 Å². The highest BCUT2D eigenvalue weighted by molar-refractivity contribution is 6.01. The van der Waals surface area contributed by atoms with Gasteiger partial charge in [-0.3, -0.25) is 0 Å². The lowest BCUT2D eigenvalue weighted by Gasteiger charge is -2.11. The molecule has 104 valence electrons. The predicted octanol–water partition coefficient (Wildman–Crippen LogP) is 1.98. The van der Waals surface area contributed by atoms with Gasteiger partial charge in [-0.15, -0.1) is 0 Å². The van der Waals surface area contributed by atoms with Gasteiger partial charge in [0.25, 0.3) is 0 Å². The van der Waals surface area contributed by atoms with E-state index >= 15 is 0 Å². The number of hydrogen-bond acceptors (Lipinski definition) is 4. The quantitative estimate of drug-likeness (QED) is 0.431. The van der Waals surface area contributed by atoms with Gasteiger partial charge in [-0.2, -0.15) is 0 Å². The van der Waals surface area contributed by atoms with Crippen molar-refractivity contribution >= 4 is 23.4 Å². The molecule has 6 heteroatoms. The summed E-state index contributed by atoms with van der Waals surface area (Å²) >= 11 is 0. The first-order chi connectivity index (χ1) is 9.08. The van der Waals surface area contributed by atoms with Gasteiger partial charge in [-0.25, -0.2) is 9.59 Å². The van der Waals surface area contributed by atoms with Crippen molar-refractivity contribution in [2.75, 3.05) is 24.7 Å². The second-order valence-corrected chi connectivity index (χ2v) is 4.03. The minimum absolute atomic E-state index is 0.266. The number of unbranched alkanes of at least 4 members (excludes halogenated alkanes) is 1. The fourth-order valence-corrected chi connectivity index (χ4v) is 1.50. The number of amides is 2. The molecule has 2 amide bonds. The largest absolute Gasteiger partial charge is 0.465 e. The summed E-state index contributed by atoms with van der Waals surface area (Å²) in [5.74, 6) is -0.524. The van der Waals surface area contributed by atoms with Crippen molar-refractivity contribution in [1.29, 1.82) is 0 Å². The van der Waals surface area contributed by atoms with Gasteiger partial charge in [0, 0.05) is 12.2 Å². The Morgan fingerprint density at radius 3 is 2.74 bits per heavy atom. The number of nitrogens with one attached hydrogen (secondary N) is 2. The predicted molar refractivity (Wildman–Crippen MR) is 74.1 cm³/mol. The number of rotatable bonds is 5. The first kappa shape index (κ1) is 14.8. The van der Waals surface area contributed by atoms with Crippen LogP contribution in [0, 0.1) is 0 Å². The maximum Gasteiger partial charge on any atom is 0.339 e. The van der Waals surface area contributed by atoms with Crippen LogP contribution in [-0.4, -0.2) is 25.7 Å². The molecule has 1 aromatic rings. The van der Waals surface area contributed by atoms with Crippen LogP contribution in [0.2, 0.25) is 0 Å². The Morgan fingerprint density at radius 1 is 1.37 bits per heavy atom. The lowest BCUT2D eigenvalue weighted by molar-refractivity contribution is 0.0602. The molecule has 0 aliphatic carbocycles. The fraction of sp³-hybridized carbons (Fsp3) is 0.385. The highest BCUT2D eigenvalue weighted by atomic mass is 16.5. The van der Waals surface area contributed by atoms with Gasteiger partial charge in [-0.05, 0) is 24.6 Å². The average molecular weight is 265 g/mol. The second kappa shape index (κ2) is 7.25. The molecular formula is C13H19N3O3. The maximum absolute atomic E-state index is 11.6. The van der Waals surface area contributed by atoms with E-state index < -0.39 is 5.97 Å². The SMILES string of the molecule is CCCCNC(=O)Nc1cc(N)ccc1C(=O)OC. The summed E-state index contributed by atoms with van der Waals surface area (Å²) in [5, 5.41) is 5.29. The van der Waals surface area contributed by atoms with E-state index in [0.717, 1.165) is 12.8 Å². The summed E-state index contributed by atoms with van der Waals surface area (Å²) in [6.07, 6.45) is 1.89. The molecule has 0 unspecified atom stereocenters. The number of nitrogen functional groups attached to an aromatic ring is 1. The number of methoxy groups -OCH3 is 1. The van der Waals surface area contributed by atoms with Crippen LogP contribution in [0.15, 0.2) is 18.2 Å². The van der Waals surface area contributed by atoms with Crippen molar-refractivity contribution in [3.8, 4) is 0 Å². The van der Waals surface area contributed by atoms with Crippen molar-refractivity contribution in [3.63, 3.8) is 0 Å². The summed E-state index contributed by atoms with van der Waals surface area (Å²) < 4.78 is 4.65. The van der Waals surface area contributed by atoms with Crippen LogP contribution in [0.3, 0.4) is 0 Å². The molecule has 0 heterocycles. The van der Waals surface area contributed by atoms with Crippen molar-refractivity contribution in [2.45, 2.75) is 19.8 Å². The third kappa shape index (κ3) is 4.50. The third-order valence-corrected chi connectivity index (χ3v) is 2.51. The zero-order valence-corrected chi connectivity index (χ0v) is 11.2. The number of carbonyl (C=O) groups excluding carboxylic acids is 2. The first-order valence-electron chi connectivity index (χ1n) is 6.11. The van der Waals surface area contributed by atoms with E-state index in [1.807, 2.05) is 6.92 Å². The molecule has 0 radical (unpaired) electrons. The lowest BCUT2D eigenvalue weighted by Crippen LogP contribution is -2.30. The summed E-state index contributed by atoms with van der Waals surface area (Å²) in [6.45, 7) is 2.62. The lowest BCUT2D eigenvalue weighted by atomic mass is 10.1. The number of carbonyl (C=O) groups is 2. The summed E-state index contributed by atoms with van der Waals surface area (Å²) in [6, 6.07) is 4.24. The van der Waals surface area contributed by atoms with E-state index in [1.165, 1.54) is 19.2 Å². The molecule has 0 aliphatic heterocycles. The summed E-state index contributed by atoms with van der Waals surface area (Å²) in [5.41, 5.74) is 6.70. The Kier molecular flexibility index (Phi) is 5.66. The smallest absolute Gasteiger partial charge is 0.339 e. The summed E-state index contributed by atoms with van der Waals surface area (Å²) in [7, 11) is 1.28. The Hall–Kier alpha value is -2.24. The van der Waals surface area contributed by atoms with Gasteiger partial charge in [0.2, 0.25) is 0 Å². The monoisotopic (exact) mass is 265 g/mol. The van der Waals surface area contributed by atoms with E-state index in [9.17, 15) is 9.59 Å². The maximum atomic E-state index is 11.6. The molecule has 0 aromatic heterocycles. The van der Waals surface area contributed by atoms with Gasteiger partial charge >= 0.3 is 12.0 Å². The normalized spacial score (nSPS) is 9.79. The minimum Gasteiger partial charge on any atom is -0.465 e. The van der Waals surface area contributed by atoms with Crippen LogP contribution in [0.5, 0.6) is 0 Å². The van der Waals surface area contributed by atoms with Crippen molar-refractivity contribution in [1.82, 2.24) is 5.32 Å². The highest BCUT2D eigenvalue weighted by Crippen LogP contribution is 2.20. The number of urea groups is 1. The van der Waals surface area contributed by atoms with E-state index in [4.69, 9.17) is 5.73 Å². The van der Waals surface area contributed by atoms with Crippen LogP contribution < -0.4 is 16.4 Å². The van der Waals surface area contributed by atoms with Gasteiger partial charge < -0.3 is 21.1 Å². The molecule has 1 rings (SSSR count). The number of ether oxygens (including phenoxy) is 1. The van der Waals surface area contributed by atoms with Crippen LogP contribution in [-0.2, 0) is 4.74 Å². The molecule has 4 N–H and O–H groups in total. The van der Waals surface area contributed by atoms with E-state index in [0.29, 0.717) is 17.9 Å². The average Bonchev–Trinajstić information content (AvgIpc) is 2.38. The number of nitrogens with two attached hydrogens (primary N) is 1. The number of benzene rings is 1. The summed E-state index contributed by atoms with van der Waals surface area (Å²) in [4.78, 5) is 23.2. The zero-order valence-electron chi connectivity index (χ0n) is 11.2. The van der Waals surface area contributed by atoms with Crippen molar-refractivity contribution in [3.05, 3.63) is 23.8 Å². The van der Waals surface area contributed by atoms with E-state index in [-0.39, 0.29) is 11.6 Å². The molecule has 0 atom stereocenters. The van der Waals surface area contributed by atoms with Crippen molar-refractivity contribution in [2.24, 2.45) is 0 Å². The van der Waals surface area contributed by atoms with E-state index in [1.54, 1.807) is 6.07 Å². The standard InChI is InChI=1S/C13H19N3O3/c1-3-4-7-15-13(18)16-11-8-9(14)5-6-10(11)12(17)19-2/h5-6,8H,3-4,7,14H2,1-2H3,(H2,15,16,18).